The fourth-order valence-electron chi connectivity index (χ4n) is 3.91. The molecule has 0 spiro atoms. The lowest BCUT2D eigenvalue weighted by Gasteiger charge is -2.27. The van der Waals surface area contributed by atoms with E-state index in [9.17, 15) is 9.18 Å². The summed E-state index contributed by atoms with van der Waals surface area (Å²) in [5.74, 6) is 0.0309. The van der Waals surface area contributed by atoms with Gasteiger partial charge in [0.1, 0.15) is 18.0 Å². The number of nitrogens with zero attached hydrogens (tertiary/aromatic N) is 3. The molecule has 0 bridgehead atoms. The number of rotatable bonds is 7. The molecule has 3 heterocycles. The number of aromatic amines is 1. The van der Waals surface area contributed by atoms with E-state index in [1.807, 2.05) is 17.0 Å². The summed E-state index contributed by atoms with van der Waals surface area (Å²) in [6.45, 7) is 3.61. The number of halogens is 2. The minimum Gasteiger partial charge on any atom is -0.488 e. The molecule has 1 fully saturated rings. The zero-order valence-corrected chi connectivity index (χ0v) is 19.9. The van der Waals surface area contributed by atoms with Gasteiger partial charge in [0.15, 0.2) is 17.3 Å². The van der Waals surface area contributed by atoms with Gasteiger partial charge in [-0.25, -0.2) is 4.39 Å². The SMILES string of the molecule is COCCOc1cc2[nH]nc(-c3cc(-c4ccc(C(=O)N5CCNCC5)cc4)no3)c2cc1F.Cl. The third-order valence-corrected chi connectivity index (χ3v) is 5.74. The number of nitrogens with one attached hydrogen (secondary N) is 2. The number of hydrogen-bond acceptors (Lipinski definition) is 7. The Morgan fingerprint density at radius 2 is 1.91 bits per heavy atom. The number of methoxy groups -OCH3 is 1. The van der Waals surface area contributed by atoms with Crippen molar-refractivity contribution in [3.05, 3.63) is 53.8 Å². The van der Waals surface area contributed by atoms with Crippen LogP contribution in [0.15, 0.2) is 47.0 Å². The minimum absolute atomic E-state index is 0. The highest BCUT2D eigenvalue weighted by Gasteiger charge is 2.20. The molecule has 1 aliphatic heterocycles. The predicted molar refractivity (Wildman–Crippen MR) is 130 cm³/mol. The van der Waals surface area contributed by atoms with Crippen LogP contribution in [0.5, 0.6) is 5.75 Å². The molecule has 2 aromatic heterocycles. The third-order valence-electron chi connectivity index (χ3n) is 5.74. The zero-order valence-electron chi connectivity index (χ0n) is 19.0. The largest absolute Gasteiger partial charge is 0.488 e. The molecule has 0 atom stereocenters. The van der Waals surface area contributed by atoms with E-state index < -0.39 is 5.82 Å². The second-order valence-corrected chi connectivity index (χ2v) is 7.94. The van der Waals surface area contributed by atoms with Crippen LogP contribution in [0.4, 0.5) is 4.39 Å². The van der Waals surface area contributed by atoms with Crippen LogP contribution in [-0.4, -0.2) is 72.7 Å². The fourth-order valence-corrected chi connectivity index (χ4v) is 3.91. The van der Waals surface area contributed by atoms with E-state index in [0.29, 0.717) is 53.3 Å². The lowest BCUT2D eigenvalue weighted by atomic mass is 10.1. The number of hydrogen-bond donors (Lipinski definition) is 2. The minimum atomic E-state index is -0.504. The number of piperazine rings is 1. The molecule has 1 aliphatic rings. The van der Waals surface area contributed by atoms with E-state index in [-0.39, 0.29) is 30.7 Å². The average molecular weight is 502 g/mol. The molecule has 1 amide bonds. The summed E-state index contributed by atoms with van der Waals surface area (Å²) >= 11 is 0. The molecule has 0 saturated carbocycles. The first-order chi connectivity index (χ1) is 16.6. The van der Waals surface area contributed by atoms with Gasteiger partial charge in [-0.3, -0.25) is 9.89 Å². The van der Waals surface area contributed by atoms with Crippen molar-refractivity contribution in [2.75, 3.05) is 46.5 Å². The Labute approximate surface area is 207 Å². The highest BCUT2D eigenvalue weighted by Crippen LogP contribution is 2.33. The molecule has 1 saturated heterocycles. The van der Waals surface area contributed by atoms with Gasteiger partial charge in [-0.05, 0) is 18.2 Å². The molecule has 2 aromatic carbocycles. The van der Waals surface area contributed by atoms with Gasteiger partial charge in [-0.2, -0.15) is 5.10 Å². The number of amides is 1. The average Bonchev–Trinajstić information content (AvgIpc) is 3.51. The lowest BCUT2D eigenvalue weighted by Crippen LogP contribution is -2.46. The van der Waals surface area contributed by atoms with Gasteiger partial charge < -0.3 is 24.2 Å². The molecule has 2 N–H and O–H groups in total. The second kappa shape index (κ2) is 10.9. The summed E-state index contributed by atoms with van der Waals surface area (Å²) in [6, 6.07) is 11.9. The number of carbonyl (C=O) groups is 1. The van der Waals surface area contributed by atoms with Crippen LogP contribution in [0, 0.1) is 5.82 Å². The topological polar surface area (TPSA) is 106 Å². The van der Waals surface area contributed by atoms with Crippen LogP contribution in [0.3, 0.4) is 0 Å². The summed E-state index contributed by atoms with van der Waals surface area (Å²) in [4.78, 5) is 14.5. The summed E-state index contributed by atoms with van der Waals surface area (Å²) in [7, 11) is 1.55. The number of fused-ring (bicyclic) bond motifs is 1. The van der Waals surface area contributed by atoms with E-state index in [4.69, 9.17) is 14.0 Å². The van der Waals surface area contributed by atoms with Crippen LogP contribution in [-0.2, 0) is 4.74 Å². The smallest absolute Gasteiger partial charge is 0.253 e. The number of carbonyl (C=O) groups excluding carboxylic acids is 1. The number of ether oxygens (including phenoxy) is 2. The van der Waals surface area contributed by atoms with Crippen LogP contribution >= 0.6 is 12.4 Å². The Morgan fingerprint density at radius 1 is 1.14 bits per heavy atom. The first-order valence-corrected chi connectivity index (χ1v) is 11.0. The van der Waals surface area contributed by atoms with Gasteiger partial charge in [-0.15, -0.1) is 12.4 Å². The van der Waals surface area contributed by atoms with Gasteiger partial charge >= 0.3 is 0 Å². The normalized spacial score (nSPS) is 13.6. The molecular weight excluding hydrogens is 477 g/mol. The maximum atomic E-state index is 14.5. The molecular formula is C24H25ClFN5O4. The number of benzene rings is 2. The molecule has 0 radical (unpaired) electrons. The summed E-state index contributed by atoms with van der Waals surface area (Å²) in [6.07, 6.45) is 0. The molecule has 0 aliphatic carbocycles. The van der Waals surface area contributed by atoms with Crippen molar-refractivity contribution in [2.24, 2.45) is 0 Å². The van der Waals surface area contributed by atoms with Crippen molar-refractivity contribution in [2.45, 2.75) is 0 Å². The number of aromatic nitrogens is 3. The summed E-state index contributed by atoms with van der Waals surface area (Å²) < 4.78 is 30.4. The highest BCUT2D eigenvalue weighted by atomic mass is 35.5. The molecule has 9 nitrogen and oxygen atoms in total. The Kier molecular flexibility index (Phi) is 7.64. The third kappa shape index (κ3) is 5.14. The summed E-state index contributed by atoms with van der Waals surface area (Å²) in [5, 5.41) is 15.1. The quantitative estimate of drug-likeness (QED) is 0.373. The van der Waals surface area contributed by atoms with Crippen LogP contribution in [0.2, 0.25) is 0 Å². The van der Waals surface area contributed by atoms with Gasteiger partial charge in [0, 0.05) is 61.9 Å². The predicted octanol–water partition coefficient (Wildman–Crippen LogP) is 3.52. The van der Waals surface area contributed by atoms with Gasteiger partial charge in [-0.1, -0.05) is 17.3 Å². The highest BCUT2D eigenvalue weighted by molar-refractivity contribution is 5.95. The maximum Gasteiger partial charge on any atom is 0.253 e. The van der Waals surface area contributed by atoms with Crippen molar-refractivity contribution in [1.82, 2.24) is 25.6 Å². The lowest BCUT2D eigenvalue weighted by molar-refractivity contribution is 0.0736. The molecule has 5 rings (SSSR count). The first kappa shape index (κ1) is 24.6. The first-order valence-electron chi connectivity index (χ1n) is 11.0. The molecule has 11 heteroatoms. The Hall–Kier alpha value is -3.47. The van der Waals surface area contributed by atoms with Crippen LogP contribution in [0.1, 0.15) is 10.4 Å². The van der Waals surface area contributed by atoms with E-state index in [1.165, 1.54) is 6.07 Å². The van der Waals surface area contributed by atoms with Crippen molar-refractivity contribution in [1.29, 1.82) is 0 Å². The number of H-pyrrole nitrogens is 1. The Bertz CT molecular complexity index is 1300. The monoisotopic (exact) mass is 501 g/mol. The van der Waals surface area contributed by atoms with Crippen molar-refractivity contribution < 1.29 is 23.2 Å². The zero-order chi connectivity index (χ0) is 23.5. The van der Waals surface area contributed by atoms with Crippen molar-refractivity contribution >= 4 is 29.2 Å². The molecule has 4 aromatic rings. The Balaban J connectivity index is 0.00000289. The standard InChI is InChI=1S/C24H24FN5O4.ClH/c1-32-10-11-33-21-14-20-17(12-18(21)25)23(28-27-20)22-13-19(29-34-22)15-2-4-16(5-3-15)24(31)30-8-6-26-7-9-30;/h2-5,12-14,26H,6-11H2,1H3,(H,27,28);1H. The maximum absolute atomic E-state index is 14.5. The van der Waals surface area contributed by atoms with E-state index >= 15 is 0 Å². The molecule has 0 unspecified atom stereocenters. The molecule has 35 heavy (non-hydrogen) atoms. The summed E-state index contributed by atoms with van der Waals surface area (Å²) in [5.41, 5.74) is 3.07. The van der Waals surface area contributed by atoms with Gasteiger partial charge in [0.25, 0.3) is 5.91 Å². The van der Waals surface area contributed by atoms with E-state index in [0.717, 1.165) is 18.7 Å². The Morgan fingerprint density at radius 3 is 2.66 bits per heavy atom. The van der Waals surface area contributed by atoms with Gasteiger partial charge in [0.05, 0.1) is 12.1 Å². The van der Waals surface area contributed by atoms with Crippen molar-refractivity contribution in [3.63, 3.8) is 0 Å². The van der Waals surface area contributed by atoms with Gasteiger partial charge in [0.2, 0.25) is 0 Å². The molecule has 184 valence electrons. The fraction of sp³-hybridized carbons (Fsp3) is 0.292. The van der Waals surface area contributed by atoms with Crippen LogP contribution < -0.4 is 10.1 Å². The van der Waals surface area contributed by atoms with E-state index in [1.54, 1.807) is 31.4 Å². The van der Waals surface area contributed by atoms with Crippen LogP contribution in [0.25, 0.3) is 33.6 Å². The van der Waals surface area contributed by atoms with Crippen molar-refractivity contribution in [3.8, 4) is 28.5 Å². The van der Waals surface area contributed by atoms with E-state index in [2.05, 4.69) is 20.7 Å². The second-order valence-electron chi connectivity index (χ2n) is 7.94.